The molecule has 0 radical (unpaired) electrons. The highest BCUT2D eigenvalue weighted by atomic mass is 16.5. The summed E-state index contributed by atoms with van der Waals surface area (Å²) in [6.45, 7) is 0.771. The number of aromatic nitrogens is 3. The van der Waals surface area contributed by atoms with Gasteiger partial charge in [-0.25, -0.2) is 0 Å². The summed E-state index contributed by atoms with van der Waals surface area (Å²) in [6, 6.07) is 9.55. The molecule has 1 atom stereocenters. The van der Waals surface area contributed by atoms with Crippen LogP contribution in [0, 0.1) is 0 Å². The van der Waals surface area contributed by atoms with Gasteiger partial charge < -0.3 is 10.5 Å². The Balaban J connectivity index is 1.83. The quantitative estimate of drug-likeness (QED) is 0.911. The van der Waals surface area contributed by atoms with Crippen molar-refractivity contribution in [3.05, 3.63) is 54.1 Å². The van der Waals surface area contributed by atoms with E-state index >= 15 is 0 Å². The molecule has 0 fully saturated rings. The van der Waals surface area contributed by atoms with Gasteiger partial charge >= 0.3 is 0 Å². The molecular formula is C14H16N4O. The molecule has 2 heterocycles. The van der Waals surface area contributed by atoms with E-state index in [1.165, 1.54) is 0 Å². The molecule has 5 heteroatoms. The van der Waals surface area contributed by atoms with Gasteiger partial charge in [0, 0.05) is 0 Å². The minimum Gasteiger partial charge on any atom is -0.501 e. The van der Waals surface area contributed by atoms with E-state index in [2.05, 4.69) is 10.2 Å². The van der Waals surface area contributed by atoms with Crippen LogP contribution >= 0.6 is 0 Å². The first-order valence-corrected chi connectivity index (χ1v) is 6.38. The lowest BCUT2D eigenvalue weighted by atomic mass is 10.0. The molecule has 98 valence electrons. The summed E-state index contributed by atoms with van der Waals surface area (Å²) in [5.41, 5.74) is 8.96. The summed E-state index contributed by atoms with van der Waals surface area (Å²) in [7, 11) is 0. The minimum absolute atomic E-state index is 0.238. The van der Waals surface area contributed by atoms with E-state index in [-0.39, 0.29) is 6.04 Å². The molecule has 0 spiro atoms. The SMILES string of the molecule is NC(C1=COCCC1)c1cnn(-c2ccccc2)n1. The number of hydrogen-bond acceptors (Lipinski definition) is 4. The molecule has 1 aliphatic heterocycles. The molecule has 1 aromatic heterocycles. The normalized spacial score (nSPS) is 16.6. The molecule has 5 nitrogen and oxygen atoms in total. The lowest BCUT2D eigenvalue weighted by Gasteiger charge is -2.17. The van der Waals surface area contributed by atoms with Crippen molar-refractivity contribution >= 4 is 0 Å². The van der Waals surface area contributed by atoms with Gasteiger partial charge in [0.1, 0.15) is 5.69 Å². The van der Waals surface area contributed by atoms with Gasteiger partial charge in [-0.15, -0.1) is 0 Å². The van der Waals surface area contributed by atoms with Crippen molar-refractivity contribution in [2.24, 2.45) is 5.73 Å². The van der Waals surface area contributed by atoms with Gasteiger partial charge in [-0.1, -0.05) is 18.2 Å². The van der Waals surface area contributed by atoms with Crippen molar-refractivity contribution in [3.8, 4) is 5.69 Å². The van der Waals surface area contributed by atoms with E-state index in [0.29, 0.717) is 0 Å². The molecule has 1 aromatic carbocycles. The number of benzene rings is 1. The second-order valence-corrected chi connectivity index (χ2v) is 4.54. The highest BCUT2D eigenvalue weighted by Gasteiger charge is 2.18. The van der Waals surface area contributed by atoms with Crippen LogP contribution in [-0.4, -0.2) is 21.6 Å². The summed E-state index contributed by atoms with van der Waals surface area (Å²) in [5, 5.41) is 8.70. The van der Waals surface area contributed by atoms with Gasteiger partial charge in [0.25, 0.3) is 0 Å². The number of nitrogens with two attached hydrogens (primary N) is 1. The molecule has 0 amide bonds. The van der Waals surface area contributed by atoms with Gasteiger partial charge in [-0.05, 0) is 30.5 Å². The van der Waals surface area contributed by atoms with Crippen molar-refractivity contribution in [3.63, 3.8) is 0 Å². The zero-order valence-electron chi connectivity index (χ0n) is 10.6. The Hall–Kier alpha value is -2.14. The largest absolute Gasteiger partial charge is 0.501 e. The number of rotatable bonds is 3. The highest BCUT2D eigenvalue weighted by Crippen LogP contribution is 2.24. The Bertz CT molecular complexity index is 576. The molecule has 0 saturated carbocycles. The second-order valence-electron chi connectivity index (χ2n) is 4.54. The van der Waals surface area contributed by atoms with Crippen LogP contribution in [0.3, 0.4) is 0 Å². The van der Waals surface area contributed by atoms with Crippen LogP contribution in [0.25, 0.3) is 5.69 Å². The number of hydrogen-bond donors (Lipinski definition) is 1. The van der Waals surface area contributed by atoms with Crippen LogP contribution in [0.5, 0.6) is 0 Å². The Morgan fingerprint density at radius 3 is 2.84 bits per heavy atom. The molecule has 2 aromatic rings. The van der Waals surface area contributed by atoms with Crippen molar-refractivity contribution < 1.29 is 4.74 Å². The third-order valence-electron chi connectivity index (χ3n) is 3.18. The standard InChI is InChI=1S/C14H16N4O/c15-14(11-5-4-8-19-10-11)13-9-16-18(17-13)12-6-2-1-3-7-12/h1-3,6-7,9-10,14H,4-5,8,15H2. The van der Waals surface area contributed by atoms with Gasteiger partial charge in [-0.3, -0.25) is 0 Å². The van der Waals surface area contributed by atoms with Gasteiger partial charge in [-0.2, -0.15) is 15.0 Å². The molecule has 2 N–H and O–H groups in total. The van der Waals surface area contributed by atoms with E-state index in [0.717, 1.165) is 36.4 Å². The fourth-order valence-electron chi connectivity index (χ4n) is 2.11. The highest BCUT2D eigenvalue weighted by molar-refractivity contribution is 5.29. The van der Waals surface area contributed by atoms with Crippen molar-refractivity contribution in [2.75, 3.05) is 6.61 Å². The predicted molar refractivity (Wildman–Crippen MR) is 71.6 cm³/mol. The third-order valence-corrected chi connectivity index (χ3v) is 3.18. The number of para-hydroxylation sites is 1. The number of ether oxygens (including phenoxy) is 1. The average Bonchev–Trinajstić information content (AvgIpc) is 2.98. The summed E-state index contributed by atoms with van der Waals surface area (Å²) in [4.78, 5) is 1.60. The second kappa shape index (κ2) is 5.24. The van der Waals surface area contributed by atoms with Crippen LogP contribution < -0.4 is 5.73 Å². The maximum absolute atomic E-state index is 6.20. The molecule has 0 bridgehead atoms. The first-order valence-electron chi connectivity index (χ1n) is 6.38. The summed E-state index contributed by atoms with van der Waals surface area (Å²) >= 11 is 0. The zero-order chi connectivity index (χ0) is 13.1. The zero-order valence-corrected chi connectivity index (χ0v) is 10.6. The lowest BCUT2D eigenvalue weighted by molar-refractivity contribution is 0.221. The van der Waals surface area contributed by atoms with Crippen molar-refractivity contribution in [1.82, 2.24) is 15.0 Å². The van der Waals surface area contributed by atoms with Gasteiger partial charge in [0.2, 0.25) is 0 Å². The van der Waals surface area contributed by atoms with Gasteiger partial charge in [0.15, 0.2) is 0 Å². The van der Waals surface area contributed by atoms with Crippen molar-refractivity contribution in [2.45, 2.75) is 18.9 Å². The van der Waals surface area contributed by atoms with E-state index in [1.807, 2.05) is 30.3 Å². The number of nitrogens with zero attached hydrogens (tertiary/aromatic N) is 3. The van der Waals surface area contributed by atoms with Crippen LogP contribution in [0.15, 0.2) is 48.4 Å². The summed E-state index contributed by atoms with van der Waals surface area (Å²) in [6.07, 6.45) is 5.44. The fourth-order valence-corrected chi connectivity index (χ4v) is 2.11. The Kier molecular flexibility index (Phi) is 3.29. The predicted octanol–water partition coefficient (Wildman–Crippen LogP) is 1.96. The summed E-state index contributed by atoms with van der Waals surface area (Å²) in [5.74, 6) is 0. The van der Waals surface area contributed by atoms with Crippen molar-refractivity contribution in [1.29, 1.82) is 0 Å². The summed E-state index contributed by atoms with van der Waals surface area (Å²) < 4.78 is 5.32. The molecule has 0 aliphatic carbocycles. The van der Waals surface area contributed by atoms with Crippen LogP contribution in [0.4, 0.5) is 0 Å². The molecule has 19 heavy (non-hydrogen) atoms. The minimum atomic E-state index is -0.238. The van der Waals surface area contributed by atoms with Gasteiger partial charge in [0.05, 0.1) is 30.8 Å². The van der Waals surface area contributed by atoms with E-state index in [4.69, 9.17) is 10.5 Å². The lowest BCUT2D eigenvalue weighted by Crippen LogP contribution is -2.17. The molecule has 1 aliphatic rings. The van der Waals surface area contributed by atoms with E-state index in [9.17, 15) is 0 Å². The van der Waals surface area contributed by atoms with E-state index < -0.39 is 0 Å². The first-order chi connectivity index (χ1) is 9.34. The average molecular weight is 256 g/mol. The Morgan fingerprint density at radius 1 is 1.26 bits per heavy atom. The monoisotopic (exact) mass is 256 g/mol. The van der Waals surface area contributed by atoms with Crippen LogP contribution in [0.2, 0.25) is 0 Å². The smallest absolute Gasteiger partial charge is 0.104 e. The Morgan fingerprint density at radius 2 is 2.11 bits per heavy atom. The molecule has 3 rings (SSSR count). The Labute approximate surface area is 111 Å². The third kappa shape index (κ3) is 2.51. The van der Waals surface area contributed by atoms with E-state index in [1.54, 1.807) is 17.3 Å². The first kappa shape index (κ1) is 11.9. The molecular weight excluding hydrogens is 240 g/mol. The topological polar surface area (TPSA) is 66.0 Å². The maximum Gasteiger partial charge on any atom is 0.104 e. The molecule has 0 saturated heterocycles. The van der Waals surface area contributed by atoms with Crippen LogP contribution in [-0.2, 0) is 4.74 Å². The van der Waals surface area contributed by atoms with Crippen LogP contribution in [0.1, 0.15) is 24.6 Å². The molecule has 1 unspecified atom stereocenters. The maximum atomic E-state index is 6.20. The fraction of sp³-hybridized carbons (Fsp3) is 0.286.